The number of phenolic OH excluding ortho intramolecular Hbond substituents is 2. The summed E-state index contributed by atoms with van der Waals surface area (Å²) in [6.45, 7) is 9.48. The van der Waals surface area contributed by atoms with Crippen molar-refractivity contribution < 1.29 is 24.9 Å². The summed E-state index contributed by atoms with van der Waals surface area (Å²) in [6, 6.07) is 2.30. The van der Waals surface area contributed by atoms with Crippen LogP contribution in [0.4, 0.5) is 0 Å². The molecule has 1 heterocycles. The third-order valence-electron chi connectivity index (χ3n) is 5.75. The molecule has 1 saturated heterocycles. The van der Waals surface area contributed by atoms with Gasteiger partial charge in [-0.2, -0.15) is 0 Å². The predicted octanol–water partition coefficient (Wildman–Crippen LogP) is 3.16. The Bertz CT molecular complexity index is 724. The highest BCUT2D eigenvalue weighted by atomic mass is 16.4. The van der Waals surface area contributed by atoms with E-state index >= 15 is 0 Å². The number of amides is 1. The van der Waals surface area contributed by atoms with Gasteiger partial charge in [0.15, 0.2) is 0 Å². The highest BCUT2D eigenvalue weighted by Crippen LogP contribution is 2.33. The normalized spacial score (nSPS) is 16.4. The van der Waals surface area contributed by atoms with E-state index in [2.05, 4.69) is 5.32 Å². The molecule has 1 amide bonds. The van der Waals surface area contributed by atoms with Gasteiger partial charge in [0, 0.05) is 19.2 Å². The largest absolute Gasteiger partial charge is 0.508 e. The van der Waals surface area contributed by atoms with Crippen LogP contribution < -0.4 is 5.32 Å². The number of likely N-dealkylation sites (tertiary alicyclic amines) is 1. The fourth-order valence-electron chi connectivity index (χ4n) is 3.87. The van der Waals surface area contributed by atoms with E-state index < -0.39 is 12.0 Å². The van der Waals surface area contributed by atoms with Crippen molar-refractivity contribution in [2.45, 2.75) is 58.9 Å². The number of carboxylic acid groups (broad SMARTS) is 1. The highest BCUT2D eigenvalue weighted by molar-refractivity contribution is 5.97. The number of aromatic hydroxyl groups is 2. The van der Waals surface area contributed by atoms with Crippen molar-refractivity contribution in [2.24, 2.45) is 11.8 Å². The van der Waals surface area contributed by atoms with Gasteiger partial charge in [-0.1, -0.05) is 27.7 Å². The van der Waals surface area contributed by atoms with Crippen molar-refractivity contribution in [1.82, 2.24) is 10.2 Å². The molecule has 1 aliphatic heterocycles. The molecule has 1 aliphatic rings. The molecule has 7 nitrogen and oxygen atoms in total. The molecule has 7 heteroatoms. The van der Waals surface area contributed by atoms with Crippen LogP contribution in [-0.2, 0) is 4.79 Å². The summed E-state index contributed by atoms with van der Waals surface area (Å²) in [5.41, 5.74) is 0.873. The summed E-state index contributed by atoms with van der Waals surface area (Å²) >= 11 is 0. The molecule has 0 unspecified atom stereocenters. The molecule has 1 fully saturated rings. The zero-order valence-electron chi connectivity index (χ0n) is 17.8. The summed E-state index contributed by atoms with van der Waals surface area (Å²) in [5, 5.41) is 32.5. The molecule has 1 atom stereocenters. The van der Waals surface area contributed by atoms with Crippen LogP contribution in [0.2, 0.25) is 0 Å². The number of carbonyl (C=O) groups is 2. The van der Waals surface area contributed by atoms with E-state index in [1.807, 2.05) is 27.7 Å². The lowest BCUT2D eigenvalue weighted by atomic mass is 9.92. The molecule has 0 saturated carbocycles. The third kappa shape index (κ3) is 5.85. The van der Waals surface area contributed by atoms with E-state index in [0.29, 0.717) is 31.1 Å². The van der Waals surface area contributed by atoms with Crippen LogP contribution in [0, 0.1) is 11.8 Å². The van der Waals surface area contributed by atoms with Crippen LogP contribution in [0.3, 0.4) is 0 Å². The van der Waals surface area contributed by atoms with Crippen molar-refractivity contribution in [1.29, 1.82) is 0 Å². The van der Waals surface area contributed by atoms with Crippen molar-refractivity contribution in [3.63, 3.8) is 0 Å². The van der Waals surface area contributed by atoms with Gasteiger partial charge in [0.1, 0.15) is 17.5 Å². The number of hydrogen-bond donors (Lipinski definition) is 4. The first kappa shape index (κ1) is 23.0. The summed E-state index contributed by atoms with van der Waals surface area (Å²) in [4.78, 5) is 25.9. The van der Waals surface area contributed by atoms with Crippen molar-refractivity contribution >= 4 is 11.9 Å². The Balaban J connectivity index is 1.90. The van der Waals surface area contributed by atoms with Crippen LogP contribution >= 0.6 is 0 Å². The number of phenols is 2. The standard InChI is InChI=1S/C22H34N2O5/c1-13(2)16-11-17(19(26)12-18(16)25)21(27)24-9-6-15(7-10-24)5-8-23-20(14(3)4)22(28)29/h11-15,20,23,25-26H,5-10H2,1-4H3,(H,28,29)/t20-/m0/s1. The molecule has 0 radical (unpaired) electrons. The number of aliphatic carboxylic acids is 1. The topological polar surface area (TPSA) is 110 Å². The molecule has 2 rings (SSSR count). The van der Waals surface area contributed by atoms with Gasteiger partial charge in [0.25, 0.3) is 5.91 Å². The van der Waals surface area contributed by atoms with E-state index in [4.69, 9.17) is 0 Å². The molecule has 0 aromatic heterocycles. The number of piperidine rings is 1. The summed E-state index contributed by atoms with van der Waals surface area (Å²) in [5.74, 6) is -0.728. The van der Waals surface area contributed by atoms with Crippen LogP contribution in [0.15, 0.2) is 12.1 Å². The SMILES string of the molecule is CC(C)c1cc(C(=O)N2CCC(CCN[C@H](C(=O)O)C(C)C)CC2)c(O)cc1O. The molecule has 1 aromatic rings. The van der Waals surface area contributed by atoms with E-state index in [1.165, 1.54) is 6.07 Å². The Hall–Kier alpha value is -2.28. The first-order valence-corrected chi connectivity index (χ1v) is 10.4. The van der Waals surface area contributed by atoms with Gasteiger partial charge in [-0.05, 0) is 55.2 Å². The highest BCUT2D eigenvalue weighted by Gasteiger charge is 2.27. The first-order chi connectivity index (χ1) is 13.6. The average molecular weight is 407 g/mol. The van der Waals surface area contributed by atoms with Gasteiger partial charge in [-0.3, -0.25) is 9.59 Å². The average Bonchev–Trinajstić information content (AvgIpc) is 2.64. The van der Waals surface area contributed by atoms with Gasteiger partial charge in [-0.25, -0.2) is 0 Å². The maximum absolute atomic E-state index is 12.9. The van der Waals surface area contributed by atoms with E-state index in [0.717, 1.165) is 19.3 Å². The monoisotopic (exact) mass is 406 g/mol. The predicted molar refractivity (Wildman–Crippen MR) is 111 cm³/mol. The quantitative estimate of drug-likeness (QED) is 0.528. The van der Waals surface area contributed by atoms with E-state index in [-0.39, 0.29) is 34.8 Å². The Labute approximate surface area is 172 Å². The first-order valence-electron chi connectivity index (χ1n) is 10.4. The number of carboxylic acids is 1. The van der Waals surface area contributed by atoms with Crippen LogP contribution in [0.25, 0.3) is 0 Å². The Morgan fingerprint density at radius 2 is 1.72 bits per heavy atom. The lowest BCUT2D eigenvalue weighted by Gasteiger charge is -2.32. The second-order valence-corrected chi connectivity index (χ2v) is 8.62. The van der Waals surface area contributed by atoms with Gasteiger partial charge < -0.3 is 25.5 Å². The molecule has 0 bridgehead atoms. The Kier molecular flexibility index (Phi) is 7.90. The van der Waals surface area contributed by atoms with Crippen molar-refractivity contribution in [3.05, 3.63) is 23.3 Å². The maximum Gasteiger partial charge on any atom is 0.320 e. The van der Waals surface area contributed by atoms with Gasteiger partial charge in [0.2, 0.25) is 0 Å². The van der Waals surface area contributed by atoms with Gasteiger partial charge >= 0.3 is 5.97 Å². The zero-order valence-corrected chi connectivity index (χ0v) is 17.8. The van der Waals surface area contributed by atoms with E-state index in [9.17, 15) is 24.9 Å². The van der Waals surface area contributed by atoms with Crippen molar-refractivity contribution in [2.75, 3.05) is 19.6 Å². The molecule has 4 N–H and O–H groups in total. The zero-order chi connectivity index (χ0) is 21.7. The Morgan fingerprint density at radius 3 is 2.24 bits per heavy atom. The lowest BCUT2D eigenvalue weighted by molar-refractivity contribution is -0.140. The molecular weight excluding hydrogens is 372 g/mol. The van der Waals surface area contributed by atoms with Crippen LogP contribution in [-0.4, -0.2) is 57.8 Å². The van der Waals surface area contributed by atoms with Gasteiger partial charge in [0.05, 0.1) is 5.56 Å². The summed E-state index contributed by atoms with van der Waals surface area (Å²) < 4.78 is 0. The second kappa shape index (κ2) is 9.96. The minimum absolute atomic E-state index is 0.00122. The number of benzene rings is 1. The molecule has 0 aliphatic carbocycles. The summed E-state index contributed by atoms with van der Waals surface area (Å²) in [7, 11) is 0. The van der Waals surface area contributed by atoms with Crippen LogP contribution in [0.5, 0.6) is 11.5 Å². The van der Waals surface area contributed by atoms with Crippen LogP contribution in [0.1, 0.15) is 68.8 Å². The fraction of sp³-hybridized carbons (Fsp3) is 0.636. The minimum Gasteiger partial charge on any atom is -0.508 e. The summed E-state index contributed by atoms with van der Waals surface area (Å²) in [6.07, 6.45) is 2.58. The number of hydrogen-bond acceptors (Lipinski definition) is 5. The maximum atomic E-state index is 12.9. The number of nitrogens with zero attached hydrogens (tertiary/aromatic N) is 1. The number of carbonyl (C=O) groups excluding carboxylic acids is 1. The second-order valence-electron chi connectivity index (χ2n) is 8.62. The number of rotatable bonds is 8. The molecule has 162 valence electrons. The Morgan fingerprint density at radius 1 is 1.10 bits per heavy atom. The third-order valence-corrected chi connectivity index (χ3v) is 5.75. The number of nitrogens with one attached hydrogen (secondary N) is 1. The fourth-order valence-corrected chi connectivity index (χ4v) is 3.87. The molecule has 1 aromatic carbocycles. The minimum atomic E-state index is -0.824. The molecular formula is C22H34N2O5. The van der Waals surface area contributed by atoms with Gasteiger partial charge in [-0.15, -0.1) is 0 Å². The van der Waals surface area contributed by atoms with E-state index in [1.54, 1.807) is 11.0 Å². The smallest absolute Gasteiger partial charge is 0.320 e. The molecule has 29 heavy (non-hydrogen) atoms. The van der Waals surface area contributed by atoms with Crippen molar-refractivity contribution in [3.8, 4) is 11.5 Å². The molecule has 0 spiro atoms. The lowest BCUT2D eigenvalue weighted by Crippen LogP contribution is -2.43.